The van der Waals surface area contributed by atoms with Crippen molar-refractivity contribution >= 4 is 11.9 Å². The number of aliphatic hydroxyl groups is 1. The first-order valence-corrected chi connectivity index (χ1v) is 8.16. The number of aliphatic carboxylic acids is 1. The number of carboxylic acid groups (broad SMARTS) is 1. The van der Waals surface area contributed by atoms with Gasteiger partial charge in [-0.15, -0.1) is 0 Å². The molecule has 128 valence electrons. The second-order valence-electron chi connectivity index (χ2n) is 6.03. The molecule has 0 aliphatic rings. The van der Waals surface area contributed by atoms with Gasteiger partial charge in [0, 0.05) is 6.54 Å². The highest BCUT2D eigenvalue weighted by Gasteiger charge is 2.31. The predicted molar refractivity (Wildman–Crippen MR) is 88.9 cm³/mol. The fourth-order valence-electron chi connectivity index (χ4n) is 2.83. The first-order valence-electron chi connectivity index (χ1n) is 8.16. The SMILES string of the molecule is CCCC(O)(CCC)CC(=O)N(CC(=O)O)Cc1ccccc1. The predicted octanol–water partition coefficient (Wildman–Crippen LogP) is 2.82. The van der Waals surface area contributed by atoms with Crippen molar-refractivity contribution in [1.29, 1.82) is 0 Å². The van der Waals surface area contributed by atoms with Crippen molar-refractivity contribution in [2.75, 3.05) is 6.54 Å². The second-order valence-corrected chi connectivity index (χ2v) is 6.03. The van der Waals surface area contributed by atoms with Crippen molar-refractivity contribution in [3.63, 3.8) is 0 Å². The Kier molecular flexibility index (Phi) is 7.75. The zero-order valence-electron chi connectivity index (χ0n) is 14.0. The Hall–Kier alpha value is -1.88. The van der Waals surface area contributed by atoms with Crippen LogP contribution in [0, 0.1) is 0 Å². The molecule has 0 saturated heterocycles. The number of carboxylic acids is 1. The molecule has 1 aromatic rings. The maximum Gasteiger partial charge on any atom is 0.323 e. The number of amides is 1. The molecule has 0 heterocycles. The lowest BCUT2D eigenvalue weighted by molar-refractivity contribution is -0.147. The fourth-order valence-corrected chi connectivity index (χ4v) is 2.83. The van der Waals surface area contributed by atoms with E-state index in [1.54, 1.807) is 0 Å². The van der Waals surface area contributed by atoms with E-state index in [0.717, 1.165) is 18.4 Å². The highest BCUT2D eigenvalue weighted by molar-refractivity contribution is 5.82. The summed E-state index contributed by atoms with van der Waals surface area (Å²) < 4.78 is 0. The van der Waals surface area contributed by atoms with Gasteiger partial charge < -0.3 is 15.1 Å². The van der Waals surface area contributed by atoms with E-state index < -0.39 is 11.6 Å². The molecule has 0 aliphatic heterocycles. The van der Waals surface area contributed by atoms with Gasteiger partial charge in [-0.05, 0) is 18.4 Å². The van der Waals surface area contributed by atoms with Crippen LogP contribution in [0.5, 0.6) is 0 Å². The summed E-state index contributed by atoms with van der Waals surface area (Å²) in [5.74, 6) is -1.37. The van der Waals surface area contributed by atoms with E-state index in [2.05, 4.69) is 0 Å². The molecule has 0 spiro atoms. The molecule has 0 aromatic heterocycles. The van der Waals surface area contributed by atoms with Crippen LogP contribution in [0.2, 0.25) is 0 Å². The Morgan fingerprint density at radius 3 is 2.13 bits per heavy atom. The largest absolute Gasteiger partial charge is 0.480 e. The van der Waals surface area contributed by atoms with E-state index in [-0.39, 0.29) is 25.4 Å². The molecule has 0 bridgehead atoms. The zero-order chi connectivity index (χ0) is 17.3. The molecule has 0 radical (unpaired) electrons. The number of benzene rings is 1. The third-order valence-electron chi connectivity index (χ3n) is 3.81. The minimum absolute atomic E-state index is 0.0329. The summed E-state index contributed by atoms with van der Waals surface area (Å²) in [6, 6.07) is 9.28. The molecular weight excluding hydrogens is 294 g/mol. The summed E-state index contributed by atoms with van der Waals surface area (Å²) in [5, 5.41) is 19.7. The van der Waals surface area contributed by atoms with Crippen molar-refractivity contribution in [2.45, 2.75) is 58.1 Å². The van der Waals surface area contributed by atoms with Gasteiger partial charge in [0.15, 0.2) is 0 Å². The van der Waals surface area contributed by atoms with Crippen molar-refractivity contribution in [2.24, 2.45) is 0 Å². The zero-order valence-corrected chi connectivity index (χ0v) is 14.0. The Balaban J connectivity index is 2.84. The first kappa shape index (κ1) is 19.2. The number of carbonyl (C=O) groups excluding carboxylic acids is 1. The second kappa shape index (κ2) is 9.30. The smallest absolute Gasteiger partial charge is 0.323 e. The maximum absolute atomic E-state index is 12.6. The summed E-state index contributed by atoms with van der Waals surface area (Å²) in [4.78, 5) is 24.9. The summed E-state index contributed by atoms with van der Waals surface area (Å²) in [7, 11) is 0. The van der Waals surface area contributed by atoms with Crippen LogP contribution in [0.25, 0.3) is 0 Å². The van der Waals surface area contributed by atoms with Gasteiger partial charge in [-0.25, -0.2) is 0 Å². The van der Waals surface area contributed by atoms with Crippen LogP contribution in [0.15, 0.2) is 30.3 Å². The van der Waals surface area contributed by atoms with Gasteiger partial charge in [-0.2, -0.15) is 0 Å². The molecule has 1 rings (SSSR count). The number of rotatable bonds is 10. The van der Waals surface area contributed by atoms with Crippen molar-refractivity contribution in [3.8, 4) is 0 Å². The normalized spacial score (nSPS) is 11.3. The highest BCUT2D eigenvalue weighted by Crippen LogP contribution is 2.25. The Morgan fingerprint density at radius 1 is 1.09 bits per heavy atom. The lowest BCUT2D eigenvalue weighted by atomic mass is 9.88. The number of hydrogen-bond donors (Lipinski definition) is 2. The van der Waals surface area contributed by atoms with Gasteiger partial charge in [0.1, 0.15) is 6.54 Å². The lowest BCUT2D eigenvalue weighted by Gasteiger charge is -2.30. The van der Waals surface area contributed by atoms with Crippen LogP contribution >= 0.6 is 0 Å². The van der Waals surface area contributed by atoms with Crippen LogP contribution in [-0.2, 0) is 16.1 Å². The van der Waals surface area contributed by atoms with E-state index in [9.17, 15) is 14.7 Å². The molecule has 2 N–H and O–H groups in total. The first-order chi connectivity index (χ1) is 10.9. The van der Waals surface area contributed by atoms with Crippen LogP contribution in [-0.4, -0.2) is 39.1 Å². The summed E-state index contributed by atoms with van der Waals surface area (Å²) >= 11 is 0. The standard InChI is InChI=1S/C18H27NO4/c1-3-10-18(23,11-4-2)12-16(20)19(14-17(21)22)13-15-8-6-5-7-9-15/h5-9,23H,3-4,10-14H2,1-2H3,(H,21,22). The van der Waals surface area contributed by atoms with E-state index in [1.165, 1.54) is 4.90 Å². The molecule has 1 aromatic carbocycles. The Labute approximate surface area is 137 Å². The molecule has 0 saturated carbocycles. The van der Waals surface area contributed by atoms with E-state index in [1.807, 2.05) is 44.2 Å². The average molecular weight is 321 g/mol. The summed E-state index contributed by atoms with van der Waals surface area (Å²) in [6.07, 6.45) is 2.61. The van der Waals surface area contributed by atoms with Gasteiger partial charge in [0.25, 0.3) is 0 Å². The minimum Gasteiger partial charge on any atom is -0.480 e. The molecule has 23 heavy (non-hydrogen) atoms. The van der Waals surface area contributed by atoms with Crippen molar-refractivity contribution in [3.05, 3.63) is 35.9 Å². The number of nitrogens with zero attached hydrogens (tertiary/aromatic N) is 1. The maximum atomic E-state index is 12.6. The van der Waals surface area contributed by atoms with Gasteiger partial charge in [-0.1, -0.05) is 57.0 Å². The lowest BCUT2D eigenvalue weighted by Crippen LogP contribution is -2.41. The molecule has 0 fully saturated rings. The van der Waals surface area contributed by atoms with Gasteiger partial charge in [0.05, 0.1) is 12.0 Å². The van der Waals surface area contributed by atoms with Crippen molar-refractivity contribution in [1.82, 2.24) is 4.90 Å². The molecule has 0 unspecified atom stereocenters. The third kappa shape index (κ3) is 6.82. The van der Waals surface area contributed by atoms with Gasteiger partial charge in [0.2, 0.25) is 5.91 Å². The fraction of sp³-hybridized carbons (Fsp3) is 0.556. The van der Waals surface area contributed by atoms with Crippen LogP contribution in [0.1, 0.15) is 51.5 Å². The quantitative estimate of drug-likeness (QED) is 0.694. The summed E-state index contributed by atoms with van der Waals surface area (Å²) in [5.41, 5.74) is -0.176. The minimum atomic E-state index is -1.05. The van der Waals surface area contributed by atoms with Gasteiger partial charge >= 0.3 is 5.97 Å². The van der Waals surface area contributed by atoms with E-state index >= 15 is 0 Å². The van der Waals surface area contributed by atoms with E-state index in [4.69, 9.17) is 5.11 Å². The number of hydrogen-bond acceptors (Lipinski definition) is 3. The van der Waals surface area contributed by atoms with Crippen LogP contribution < -0.4 is 0 Å². The molecule has 0 aliphatic carbocycles. The molecule has 5 heteroatoms. The van der Waals surface area contributed by atoms with E-state index in [0.29, 0.717) is 12.8 Å². The molecule has 5 nitrogen and oxygen atoms in total. The Morgan fingerprint density at radius 2 is 1.65 bits per heavy atom. The van der Waals surface area contributed by atoms with Crippen molar-refractivity contribution < 1.29 is 19.8 Å². The molecular formula is C18H27NO4. The highest BCUT2D eigenvalue weighted by atomic mass is 16.4. The van der Waals surface area contributed by atoms with Crippen LogP contribution in [0.3, 0.4) is 0 Å². The summed E-state index contributed by atoms with van der Waals surface area (Å²) in [6.45, 7) is 3.80. The topological polar surface area (TPSA) is 77.8 Å². The third-order valence-corrected chi connectivity index (χ3v) is 3.81. The monoisotopic (exact) mass is 321 g/mol. The van der Waals surface area contributed by atoms with Crippen LogP contribution in [0.4, 0.5) is 0 Å². The van der Waals surface area contributed by atoms with Gasteiger partial charge in [-0.3, -0.25) is 9.59 Å². The Bertz CT molecular complexity index is 495. The number of carbonyl (C=O) groups is 2. The molecule has 0 atom stereocenters. The molecule has 1 amide bonds. The average Bonchev–Trinajstić information content (AvgIpc) is 2.47.